The van der Waals surface area contributed by atoms with Crippen LogP contribution in [-0.4, -0.2) is 13.6 Å². The van der Waals surface area contributed by atoms with Gasteiger partial charge >= 0.3 is 0 Å². The monoisotopic (exact) mass is 187 g/mol. The van der Waals surface area contributed by atoms with Gasteiger partial charge in [-0.3, -0.25) is 0 Å². The lowest BCUT2D eigenvalue weighted by atomic mass is 10.1. The molecule has 1 N–H and O–H groups in total. The summed E-state index contributed by atoms with van der Waals surface area (Å²) in [5.41, 5.74) is 0. The van der Waals surface area contributed by atoms with E-state index in [-0.39, 0.29) is 0 Å². The van der Waals surface area contributed by atoms with Crippen LogP contribution in [0.3, 0.4) is 0 Å². The first-order valence-electron chi connectivity index (χ1n) is 5.99. The number of rotatable bonds is 2. The van der Waals surface area contributed by atoms with Gasteiger partial charge in [0.05, 0.1) is 0 Å². The van der Waals surface area contributed by atoms with Crippen LogP contribution in [0.4, 0.5) is 0 Å². The Morgan fingerprint density at radius 1 is 1.08 bits per heavy atom. The highest BCUT2D eigenvalue weighted by atomic mass is 14.8. The molecule has 0 radical (unpaired) electrons. The van der Waals surface area contributed by atoms with E-state index in [1.54, 1.807) is 0 Å². The van der Waals surface area contributed by atoms with Gasteiger partial charge in [0.2, 0.25) is 0 Å². The molecule has 0 aromatic carbocycles. The summed E-state index contributed by atoms with van der Waals surface area (Å²) in [5, 5.41) is 3.21. The molecule has 1 heteroatoms. The van der Waals surface area contributed by atoms with Crippen molar-refractivity contribution in [2.24, 2.45) is 5.92 Å². The van der Waals surface area contributed by atoms with Crippen LogP contribution in [0.25, 0.3) is 0 Å². The molecule has 0 aliphatic heterocycles. The van der Waals surface area contributed by atoms with Crippen LogP contribution < -0.4 is 5.32 Å². The predicted molar refractivity (Wildman–Crippen MR) is 63.2 cm³/mol. The van der Waals surface area contributed by atoms with Gasteiger partial charge < -0.3 is 5.32 Å². The van der Waals surface area contributed by atoms with Crippen LogP contribution in [0, 0.1) is 5.92 Å². The summed E-state index contributed by atoms with van der Waals surface area (Å²) in [4.78, 5) is 0. The van der Waals surface area contributed by atoms with E-state index < -0.39 is 0 Å². The van der Waals surface area contributed by atoms with Gasteiger partial charge in [0.1, 0.15) is 0 Å². The van der Waals surface area contributed by atoms with Crippen LogP contribution in [0.1, 0.15) is 59.8 Å². The molecule has 0 bridgehead atoms. The summed E-state index contributed by atoms with van der Waals surface area (Å²) in [7, 11) is 2.04. The molecular weight excluding hydrogens is 158 g/mol. The molecule has 0 amide bonds. The van der Waals surface area contributed by atoms with Crippen LogP contribution >= 0.6 is 0 Å². The molecule has 0 saturated heterocycles. The highest BCUT2D eigenvalue weighted by molar-refractivity contribution is 4.67. The second-order valence-electron chi connectivity index (χ2n) is 3.42. The molecule has 1 aliphatic rings. The van der Waals surface area contributed by atoms with Crippen LogP contribution in [0.2, 0.25) is 0 Å². The van der Waals surface area contributed by atoms with Crippen LogP contribution in [-0.2, 0) is 0 Å². The van der Waals surface area contributed by atoms with Crippen molar-refractivity contribution in [3.05, 3.63) is 0 Å². The standard InChI is InChI=1S/C7H15N.C3H8.C2H6/c1-8-6-7-4-2-3-5-7;1-3-2;1-2/h7-8H,2-6H2,1H3;3H2,1-2H3;1-2H3. The molecule has 0 spiro atoms. The molecule has 1 saturated carbocycles. The highest BCUT2D eigenvalue weighted by Crippen LogP contribution is 2.23. The molecule has 82 valence electrons. The summed E-state index contributed by atoms with van der Waals surface area (Å²) < 4.78 is 0. The zero-order chi connectivity index (χ0) is 10.5. The molecule has 1 aliphatic carbocycles. The van der Waals surface area contributed by atoms with Gasteiger partial charge in [-0.25, -0.2) is 0 Å². The maximum atomic E-state index is 3.21. The second kappa shape index (κ2) is 14.5. The fourth-order valence-electron chi connectivity index (χ4n) is 1.50. The first-order chi connectivity index (χ1) is 6.35. The lowest BCUT2D eigenvalue weighted by Crippen LogP contribution is -2.15. The number of nitrogens with one attached hydrogen (secondary N) is 1. The Hall–Kier alpha value is -0.0400. The van der Waals surface area contributed by atoms with E-state index >= 15 is 0 Å². The van der Waals surface area contributed by atoms with Crippen molar-refractivity contribution in [3.8, 4) is 0 Å². The third-order valence-electron chi connectivity index (χ3n) is 1.97. The van der Waals surface area contributed by atoms with E-state index in [4.69, 9.17) is 0 Å². The number of hydrogen-bond acceptors (Lipinski definition) is 1. The van der Waals surface area contributed by atoms with Crippen molar-refractivity contribution in [2.75, 3.05) is 13.6 Å². The SMILES string of the molecule is CC.CCC.CNCC1CCCC1. The van der Waals surface area contributed by atoms with Crippen molar-refractivity contribution in [3.63, 3.8) is 0 Å². The van der Waals surface area contributed by atoms with E-state index in [1.165, 1.54) is 38.6 Å². The van der Waals surface area contributed by atoms with E-state index in [1.807, 2.05) is 20.9 Å². The Balaban J connectivity index is 0. The Bertz CT molecular complexity index is 65.5. The zero-order valence-electron chi connectivity index (χ0n) is 10.3. The molecule has 0 atom stereocenters. The topological polar surface area (TPSA) is 12.0 Å². The molecule has 13 heavy (non-hydrogen) atoms. The Morgan fingerprint density at radius 2 is 1.46 bits per heavy atom. The molecular formula is C12H29N. The Kier molecular flexibility index (Phi) is 17.2. The average molecular weight is 187 g/mol. The van der Waals surface area contributed by atoms with E-state index in [0.717, 1.165) is 5.92 Å². The smallest absolute Gasteiger partial charge is 0.00235 e. The van der Waals surface area contributed by atoms with E-state index in [2.05, 4.69) is 19.2 Å². The largest absolute Gasteiger partial charge is 0.319 e. The van der Waals surface area contributed by atoms with Crippen molar-refractivity contribution in [1.82, 2.24) is 5.32 Å². The van der Waals surface area contributed by atoms with Gasteiger partial charge in [0.25, 0.3) is 0 Å². The second-order valence-corrected chi connectivity index (χ2v) is 3.42. The maximum Gasteiger partial charge on any atom is -0.00235 e. The number of hydrogen-bond donors (Lipinski definition) is 1. The van der Waals surface area contributed by atoms with E-state index in [0.29, 0.717) is 0 Å². The molecule has 1 nitrogen and oxygen atoms in total. The van der Waals surface area contributed by atoms with Crippen LogP contribution in [0.5, 0.6) is 0 Å². The molecule has 0 aromatic heterocycles. The third kappa shape index (κ3) is 12.0. The zero-order valence-corrected chi connectivity index (χ0v) is 10.3. The lowest BCUT2D eigenvalue weighted by Gasteiger charge is -2.04. The fraction of sp³-hybridized carbons (Fsp3) is 1.00. The minimum absolute atomic E-state index is 1.000. The lowest BCUT2D eigenvalue weighted by molar-refractivity contribution is 0.516. The first kappa shape index (κ1) is 15.4. The van der Waals surface area contributed by atoms with E-state index in [9.17, 15) is 0 Å². The van der Waals surface area contributed by atoms with Gasteiger partial charge in [-0.2, -0.15) is 0 Å². The Morgan fingerprint density at radius 3 is 1.77 bits per heavy atom. The maximum absolute atomic E-state index is 3.21. The minimum Gasteiger partial charge on any atom is -0.319 e. The van der Waals surface area contributed by atoms with Crippen molar-refractivity contribution >= 4 is 0 Å². The summed E-state index contributed by atoms with van der Waals surface area (Å²) >= 11 is 0. The summed E-state index contributed by atoms with van der Waals surface area (Å²) in [6.45, 7) is 9.49. The highest BCUT2D eigenvalue weighted by Gasteiger charge is 2.12. The third-order valence-corrected chi connectivity index (χ3v) is 1.97. The molecule has 0 aromatic rings. The van der Waals surface area contributed by atoms with Crippen molar-refractivity contribution in [1.29, 1.82) is 0 Å². The van der Waals surface area contributed by atoms with Gasteiger partial charge in [-0.05, 0) is 32.4 Å². The molecule has 0 heterocycles. The fourth-order valence-corrected chi connectivity index (χ4v) is 1.50. The van der Waals surface area contributed by atoms with Gasteiger partial charge in [-0.1, -0.05) is 47.0 Å². The summed E-state index contributed by atoms with van der Waals surface area (Å²) in [6.07, 6.45) is 7.10. The average Bonchev–Trinajstić information content (AvgIpc) is 2.63. The molecule has 0 unspecified atom stereocenters. The van der Waals surface area contributed by atoms with Gasteiger partial charge in [0.15, 0.2) is 0 Å². The van der Waals surface area contributed by atoms with Gasteiger partial charge in [0, 0.05) is 0 Å². The quantitative estimate of drug-likeness (QED) is 0.692. The summed E-state index contributed by atoms with van der Waals surface area (Å²) in [5.74, 6) is 1.000. The normalized spacial score (nSPS) is 15.5. The first-order valence-corrected chi connectivity index (χ1v) is 5.99. The summed E-state index contributed by atoms with van der Waals surface area (Å²) in [6, 6.07) is 0. The predicted octanol–water partition coefficient (Wildman–Crippen LogP) is 3.84. The van der Waals surface area contributed by atoms with Crippen molar-refractivity contribution < 1.29 is 0 Å². The molecule has 1 fully saturated rings. The molecule has 1 rings (SSSR count). The minimum atomic E-state index is 1.000. The van der Waals surface area contributed by atoms with Crippen molar-refractivity contribution in [2.45, 2.75) is 59.8 Å². The Labute approximate surface area is 85.3 Å². The van der Waals surface area contributed by atoms with Crippen LogP contribution in [0.15, 0.2) is 0 Å². The van der Waals surface area contributed by atoms with Gasteiger partial charge in [-0.15, -0.1) is 0 Å².